The predicted molar refractivity (Wildman–Crippen MR) is 125 cm³/mol. The Bertz CT molecular complexity index is 1250. The maximum absolute atomic E-state index is 12.8. The maximum Gasteiger partial charge on any atom is 0.275 e. The summed E-state index contributed by atoms with van der Waals surface area (Å²) in [6.45, 7) is 0. The summed E-state index contributed by atoms with van der Waals surface area (Å²) < 4.78 is 11.9. The number of nitrogens with one attached hydrogen (secondary N) is 1. The van der Waals surface area contributed by atoms with E-state index in [4.69, 9.17) is 14.3 Å². The van der Waals surface area contributed by atoms with Gasteiger partial charge in [-0.05, 0) is 24.3 Å². The molecule has 1 heterocycles. The van der Waals surface area contributed by atoms with Crippen LogP contribution >= 0.6 is 15.9 Å². The Morgan fingerprint density at radius 1 is 1.15 bits per heavy atom. The molecule has 1 N–H and O–H groups in total. The van der Waals surface area contributed by atoms with Gasteiger partial charge in [0.2, 0.25) is 6.10 Å². The first kappa shape index (κ1) is 22.3. The number of hydrogen-bond donors (Lipinski definition) is 1. The van der Waals surface area contributed by atoms with Gasteiger partial charge in [0.15, 0.2) is 11.5 Å². The molecule has 9 nitrogen and oxygen atoms in total. The lowest BCUT2D eigenvalue weighted by atomic mass is 10.0. The predicted octanol–water partition coefficient (Wildman–Crippen LogP) is 5.29. The molecule has 33 heavy (non-hydrogen) atoms. The molecule has 4 rings (SSSR count). The summed E-state index contributed by atoms with van der Waals surface area (Å²) in [5, 5.41) is 18.1. The van der Waals surface area contributed by atoms with Gasteiger partial charge < -0.3 is 19.6 Å². The normalized spacial score (nSPS) is 14.7. The number of oxime groups is 1. The fourth-order valence-corrected chi connectivity index (χ4v) is 3.63. The number of para-hydroxylation sites is 2. The molecule has 3 aromatic carbocycles. The quantitative estimate of drug-likeness (QED) is 0.340. The highest BCUT2D eigenvalue weighted by molar-refractivity contribution is 9.10. The number of rotatable bonds is 7. The van der Waals surface area contributed by atoms with E-state index in [0.717, 1.165) is 10.0 Å². The molecule has 0 bridgehead atoms. The van der Waals surface area contributed by atoms with Crippen LogP contribution in [0, 0.1) is 10.1 Å². The minimum Gasteiger partial charge on any atom is -0.493 e. The summed E-state index contributed by atoms with van der Waals surface area (Å²) in [7, 11) is 1.49. The van der Waals surface area contributed by atoms with Crippen molar-refractivity contribution in [3.8, 4) is 17.2 Å². The Balaban J connectivity index is 1.50. The van der Waals surface area contributed by atoms with Crippen LogP contribution in [0.25, 0.3) is 0 Å². The molecule has 0 fully saturated rings. The Morgan fingerprint density at radius 2 is 1.94 bits per heavy atom. The van der Waals surface area contributed by atoms with E-state index in [1.807, 2.05) is 24.3 Å². The van der Waals surface area contributed by atoms with E-state index < -0.39 is 16.9 Å². The van der Waals surface area contributed by atoms with E-state index in [1.165, 1.54) is 25.3 Å². The number of carbonyl (C=O) groups excluding carboxylic acids is 1. The monoisotopic (exact) mass is 511 g/mol. The molecular formula is C23H18BrN3O6. The summed E-state index contributed by atoms with van der Waals surface area (Å²) in [6.07, 6.45) is -0.598. The molecule has 0 aliphatic carbocycles. The van der Waals surface area contributed by atoms with E-state index in [0.29, 0.717) is 17.2 Å². The second-order valence-corrected chi connectivity index (χ2v) is 7.98. The fraction of sp³-hybridized carbons (Fsp3) is 0.130. The molecule has 0 saturated carbocycles. The van der Waals surface area contributed by atoms with Crippen molar-refractivity contribution in [2.24, 2.45) is 5.16 Å². The molecule has 0 spiro atoms. The second-order valence-electron chi connectivity index (χ2n) is 7.06. The SMILES string of the molecule is COc1ccccc1Oc1cc(NC(=O)C2CC(c3cccc(Br)c3)=NO2)cc([N+](=O)[O-])c1. The Hall–Kier alpha value is -3.92. The smallest absolute Gasteiger partial charge is 0.275 e. The number of amides is 1. The number of carbonyl (C=O) groups is 1. The third-order valence-corrected chi connectivity index (χ3v) is 5.28. The lowest BCUT2D eigenvalue weighted by Gasteiger charge is -2.13. The van der Waals surface area contributed by atoms with Gasteiger partial charge in [0.1, 0.15) is 5.75 Å². The van der Waals surface area contributed by atoms with E-state index in [9.17, 15) is 14.9 Å². The molecule has 10 heteroatoms. The van der Waals surface area contributed by atoms with Crippen LogP contribution in [0.2, 0.25) is 0 Å². The van der Waals surface area contributed by atoms with Crippen molar-refractivity contribution in [3.63, 3.8) is 0 Å². The van der Waals surface area contributed by atoms with E-state index >= 15 is 0 Å². The van der Waals surface area contributed by atoms with E-state index in [-0.39, 0.29) is 23.5 Å². The number of methoxy groups -OCH3 is 1. The van der Waals surface area contributed by atoms with Crippen LogP contribution in [-0.4, -0.2) is 29.8 Å². The molecule has 1 aliphatic heterocycles. The molecule has 0 radical (unpaired) electrons. The Morgan fingerprint density at radius 3 is 2.67 bits per heavy atom. The largest absolute Gasteiger partial charge is 0.493 e. The first-order valence-electron chi connectivity index (χ1n) is 9.83. The molecule has 3 aromatic rings. The topological polar surface area (TPSA) is 112 Å². The number of nitro groups is 1. The average molecular weight is 512 g/mol. The maximum atomic E-state index is 12.8. The highest BCUT2D eigenvalue weighted by Gasteiger charge is 2.29. The van der Waals surface area contributed by atoms with Crippen LogP contribution in [0.15, 0.2) is 76.4 Å². The first-order chi connectivity index (χ1) is 15.9. The zero-order chi connectivity index (χ0) is 23.4. The first-order valence-corrected chi connectivity index (χ1v) is 10.6. The van der Waals surface area contributed by atoms with Crippen LogP contribution < -0.4 is 14.8 Å². The lowest BCUT2D eigenvalue weighted by molar-refractivity contribution is -0.384. The number of benzene rings is 3. The number of nitro benzene ring substituents is 1. The molecule has 1 atom stereocenters. The van der Waals surface area contributed by atoms with Gasteiger partial charge in [-0.2, -0.15) is 0 Å². The molecule has 168 valence electrons. The Kier molecular flexibility index (Phi) is 6.55. The fourth-order valence-electron chi connectivity index (χ4n) is 3.23. The van der Waals surface area contributed by atoms with Gasteiger partial charge in [-0.3, -0.25) is 14.9 Å². The van der Waals surface area contributed by atoms with Crippen molar-refractivity contribution >= 4 is 38.9 Å². The summed E-state index contributed by atoms with van der Waals surface area (Å²) in [5.74, 6) is 0.532. The van der Waals surface area contributed by atoms with Crippen LogP contribution in [-0.2, 0) is 9.63 Å². The van der Waals surface area contributed by atoms with Crippen molar-refractivity contribution < 1.29 is 24.0 Å². The van der Waals surface area contributed by atoms with Gasteiger partial charge in [0.25, 0.3) is 11.6 Å². The van der Waals surface area contributed by atoms with Crippen molar-refractivity contribution in [3.05, 3.63) is 86.9 Å². The van der Waals surface area contributed by atoms with E-state index in [1.54, 1.807) is 24.3 Å². The molecule has 1 amide bonds. The van der Waals surface area contributed by atoms with Crippen LogP contribution in [0.5, 0.6) is 17.2 Å². The average Bonchev–Trinajstić information content (AvgIpc) is 3.30. The van der Waals surface area contributed by atoms with E-state index in [2.05, 4.69) is 26.4 Å². The minimum atomic E-state index is -0.864. The molecular weight excluding hydrogens is 494 g/mol. The summed E-state index contributed by atoms with van der Waals surface area (Å²) >= 11 is 3.41. The summed E-state index contributed by atoms with van der Waals surface area (Å²) in [6, 6.07) is 18.4. The van der Waals surface area contributed by atoms with Gasteiger partial charge in [-0.15, -0.1) is 0 Å². The summed E-state index contributed by atoms with van der Waals surface area (Å²) in [4.78, 5) is 28.9. The summed E-state index contributed by atoms with van der Waals surface area (Å²) in [5.41, 5.74) is 1.42. The van der Waals surface area contributed by atoms with Gasteiger partial charge in [0, 0.05) is 28.6 Å². The third kappa shape index (κ3) is 5.29. The minimum absolute atomic E-state index is 0.169. The van der Waals surface area contributed by atoms with Crippen molar-refractivity contribution in [1.82, 2.24) is 0 Å². The molecule has 0 saturated heterocycles. The highest BCUT2D eigenvalue weighted by atomic mass is 79.9. The molecule has 0 aromatic heterocycles. The zero-order valence-corrected chi connectivity index (χ0v) is 18.9. The van der Waals surface area contributed by atoms with Crippen LogP contribution in [0.4, 0.5) is 11.4 Å². The van der Waals surface area contributed by atoms with Gasteiger partial charge >= 0.3 is 0 Å². The van der Waals surface area contributed by atoms with Crippen LogP contribution in [0.1, 0.15) is 12.0 Å². The van der Waals surface area contributed by atoms with Crippen LogP contribution in [0.3, 0.4) is 0 Å². The lowest BCUT2D eigenvalue weighted by Crippen LogP contribution is -2.28. The van der Waals surface area contributed by atoms with Gasteiger partial charge in [-0.25, -0.2) is 0 Å². The number of hydrogen-bond acceptors (Lipinski definition) is 7. The van der Waals surface area contributed by atoms with Gasteiger partial charge in [-0.1, -0.05) is 45.4 Å². The zero-order valence-electron chi connectivity index (χ0n) is 17.4. The second kappa shape index (κ2) is 9.70. The number of ether oxygens (including phenoxy) is 2. The number of non-ortho nitro benzene ring substituents is 1. The molecule has 1 aliphatic rings. The third-order valence-electron chi connectivity index (χ3n) is 4.79. The standard InChI is InChI=1S/C23H18BrN3O6/c1-31-20-7-2-3-8-21(20)32-18-11-16(10-17(12-18)27(29)30)25-23(28)22-13-19(26-33-22)14-5-4-6-15(24)9-14/h2-12,22H,13H2,1H3,(H,25,28). The molecule has 1 unspecified atom stereocenters. The van der Waals surface area contributed by atoms with Gasteiger partial charge in [0.05, 0.1) is 29.5 Å². The van der Waals surface area contributed by atoms with Crippen molar-refractivity contribution in [1.29, 1.82) is 0 Å². The highest BCUT2D eigenvalue weighted by Crippen LogP contribution is 2.34. The van der Waals surface area contributed by atoms with Crippen molar-refractivity contribution in [2.45, 2.75) is 12.5 Å². The number of anilines is 1. The Labute approximate surface area is 197 Å². The number of halogens is 1. The number of nitrogens with zero attached hydrogens (tertiary/aromatic N) is 2. The van der Waals surface area contributed by atoms with Crippen molar-refractivity contribution in [2.75, 3.05) is 12.4 Å².